The minimum Gasteiger partial charge on any atom is -0.329 e. The fraction of sp³-hybridized carbons (Fsp3) is 0.154. The standard InChI is InChI=1S/C13H10Br2N2/c14-10-6-11(15)13-16-12(8-17(13)7-10)9-4-2-1-3-5-9/h1-7,12H,8H2/t12-/m0/s1. The van der Waals surface area contributed by atoms with Crippen LogP contribution in [0.15, 0.2) is 56.6 Å². The van der Waals surface area contributed by atoms with Crippen molar-refractivity contribution in [3.05, 3.63) is 57.1 Å². The van der Waals surface area contributed by atoms with Gasteiger partial charge in [0, 0.05) is 10.7 Å². The molecule has 0 fully saturated rings. The fourth-order valence-electron chi connectivity index (χ4n) is 2.07. The Labute approximate surface area is 117 Å². The molecule has 86 valence electrons. The van der Waals surface area contributed by atoms with Crippen LogP contribution in [0.25, 0.3) is 0 Å². The minimum absolute atomic E-state index is 0.224. The number of allylic oxidation sites excluding steroid dienone is 2. The van der Waals surface area contributed by atoms with Gasteiger partial charge in [-0.1, -0.05) is 30.3 Å². The molecule has 2 nitrogen and oxygen atoms in total. The predicted octanol–water partition coefficient (Wildman–Crippen LogP) is 3.97. The number of nitrogens with zero attached hydrogens (tertiary/aromatic N) is 2. The van der Waals surface area contributed by atoms with Gasteiger partial charge < -0.3 is 4.90 Å². The van der Waals surface area contributed by atoms with E-state index in [9.17, 15) is 0 Å². The Morgan fingerprint density at radius 1 is 1.18 bits per heavy atom. The van der Waals surface area contributed by atoms with Crippen LogP contribution in [0.2, 0.25) is 0 Å². The summed E-state index contributed by atoms with van der Waals surface area (Å²) in [6.45, 7) is 0.900. The monoisotopic (exact) mass is 352 g/mol. The van der Waals surface area contributed by atoms with E-state index in [0.29, 0.717) is 0 Å². The van der Waals surface area contributed by atoms with E-state index in [4.69, 9.17) is 4.99 Å². The van der Waals surface area contributed by atoms with E-state index in [1.165, 1.54) is 5.56 Å². The van der Waals surface area contributed by atoms with Crippen molar-refractivity contribution in [3.8, 4) is 0 Å². The molecule has 1 aromatic rings. The van der Waals surface area contributed by atoms with Crippen molar-refractivity contribution in [2.24, 2.45) is 4.99 Å². The lowest BCUT2D eigenvalue weighted by Crippen LogP contribution is -2.24. The van der Waals surface area contributed by atoms with Crippen LogP contribution in [0.4, 0.5) is 0 Å². The molecule has 0 unspecified atom stereocenters. The average molecular weight is 354 g/mol. The van der Waals surface area contributed by atoms with Crippen LogP contribution >= 0.6 is 31.9 Å². The predicted molar refractivity (Wildman–Crippen MR) is 77.3 cm³/mol. The van der Waals surface area contributed by atoms with E-state index in [1.54, 1.807) is 0 Å². The van der Waals surface area contributed by atoms with E-state index < -0.39 is 0 Å². The molecule has 3 rings (SSSR count). The highest BCUT2D eigenvalue weighted by Gasteiger charge is 2.28. The lowest BCUT2D eigenvalue weighted by molar-refractivity contribution is 0.549. The largest absolute Gasteiger partial charge is 0.329 e. The van der Waals surface area contributed by atoms with Gasteiger partial charge in [0.15, 0.2) is 0 Å². The van der Waals surface area contributed by atoms with Crippen LogP contribution < -0.4 is 0 Å². The van der Waals surface area contributed by atoms with Crippen molar-refractivity contribution < 1.29 is 0 Å². The zero-order valence-corrected chi connectivity index (χ0v) is 12.1. The average Bonchev–Trinajstić information content (AvgIpc) is 2.74. The maximum absolute atomic E-state index is 4.76. The van der Waals surface area contributed by atoms with Crippen molar-refractivity contribution in [2.45, 2.75) is 6.04 Å². The quantitative estimate of drug-likeness (QED) is 0.745. The molecule has 2 aliphatic heterocycles. The second-order valence-electron chi connectivity index (χ2n) is 4.04. The summed E-state index contributed by atoms with van der Waals surface area (Å²) in [7, 11) is 0. The van der Waals surface area contributed by atoms with Crippen LogP contribution in [0.1, 0.15) is 11.6 Å². The summed E-state index contributed by atoms with van der Waals surface area (Å²) >= 11 is 7.05. The summed E-state index contributed by atoms with van der Waals surface area (Å²) in [5.74, 6) is 1.02. The van der Waals surface area contributed by atoms with Gasteiger partial charge in [-0.25, -0.2) is 0 Å². The van der Waals surface area contributed by atoms with Crippen molar-refractivity contribution >= 4 is 37.7 Å². The third kappa shape index (κ3) is 2.11. The van der Waals surface area contributed by atoms with Crippen LogP contribution in [0.3, 0.4) is 0 Å². The van der Waals surface area contributed by atoms with Gasteiger partial charge in [-0.15, -0.1) is 0 Å². The van der Waals surface area contributed by atoms with Crippen LogP contribution in [-0.4, -0.2) is 17.3 Å². The van der Waals surface area contributed by atoms with Crippen LogP contribution in [-0.2, 0) is 0 Å². The summed E-state index contributed by atoms with van der Waals surface area (Å²) in [6.07, 6.45) is 4.11. The Morgan fingerprint density at radius 2 is 1.94 bits per heavy atom. The molecule has 17 heavy (non-hydrogen) atoms. The normalized spacial score (nSPS) is 22.8. The van der Waals surface area contributed by atoms with E-state index in [-0.39, 0.29) is 6.04 Å². The molecule has 1 atom stereocenters. The van der Waals surface area contributed by atoms with Crippen molar-refractivity contribution in [1.29, 1.82) is 0 Å². The van der Waals surface area contributed by atoms with Gasteiger partial charge in [-0.05, 0) is 43.5 Å². The van der Waals surface area contributed by atoms with Gasteiger partial charge in [0.05, 0.1) is 17.1 Å². The smallest absolute Gasteiger partial charge is 0.142 e. The first-order valence-electron chi connectivity index (χ1n) is 5.38. The molecule has 0 bridgehead atoms. The summed E-state index contributed by atoms with van der Waals surface area (Å²) in [4.78, 5) is 6.93. The first kappa shape index (κ1) is 11.2. The number of rotatable bonds is 1. The van der Waals surface area contributed by atoms with Gasteiger partial charge in [0.2, 0.25) is 0 Å². The number of hydrogen-bond acceptors (Lipinski definition) is 2. The van der Waals surface area contributed by atoms with Gasteiger partial charge in [-0.3, -0.25) is 4.99 Å². The maximum atomic E-state index is 4.76. The topological polar surface area (TPSA) is 15.6 Å². The summed E-state index contributed by atoms with van der Waals surface area (Å²) in [6, 6.07) is 10.6. The molecule has 0 aliphatic carbocycles. The van der Waals surface area contributed by atoms with Gasteiger partial charge in [-0.2, -0.15) is 0 Å². The number of halogens is 2. The number of benzene rings is 1. The lowest BCUT2D eigenvalue weighted by atomic mass is 10.1. The van der Waals surface area contributed by atoms with Crippen LogP contribution in [0.5, 0.6) is 0 Å². The minimum atomic E-state index is 0.224. The Kier molecular flexibility index (Phi) is 2.92. The molecule has 1 aromatic carbocycles. The van der Waals surface area contributed by atoms with E-state index in [1.807, 2.05) is 12.1 Å². The molecule has 0 saturated heterocycles. The molecule has 0 N–H and O–H groups in total. The highest BCUT2D eigenvalue weighted by atomic mass is 79.9. The van der Waals surface area contributed by atoms with Crippen molar-refractivity contribution in [2.75, 3.05) is 6.54 Å². The molecule has 2 aliphatic rings. The molecular formula is C13H10Br2N2. The highest BCUT2D eigenvalue weighted by Crippen LogP contribution is 2.33. The molecule has 0 aromatic heterocycles. The van der Waals surface area contributed by atoms with E-state index >= 15 is 0 Å². The number of fused-ring (bicyclic) bond motifs is 1. The maximum Gasteiger partial charge on any atom is 0.142 e. The molecule has 0 saturated carbocycles. The SMILES string of the molecule is BrC1=CN2C[C@@H](c3ccccc3)N=C2C(Br)=C1. The zero-order chi connectivity index (χ0) is 11.8. The number of aliphatic imine (C=N–C) groups is 1. The summed E-state index contributed by atoms with van der Waals surface area (Å²) in [5.41, 5.74) is 1.26. The zero-order valence-electron chi connectivity index (χ0n) is 8.98. The van der Waals surface area contributed by atoms with Crippen molar-refractivity contribution in [1.82, 2.24) is 4.90 Å². The molecule has 0 radical (unpaired) electrons. The lowest BCUT2D eigenvalue weighted by Gasteiger charge is -2.19. The summed E-state index contributed by atoms with van der Waals surface area (Å²) in [5, 5.41) is 0. The second kappa shape index (κ2) is 4.42. The summed E-state index contributed by atoms with van der Waals surface area (Å²) < 4.78 is 2.10. The van der Waals surface area contributed by atoms with E-state index in [0.717, 1.165) is 21.3 Å². The Hall–Kier alpha value is -0.870. The first-order chi connectivity index (χ1) is 8.24. The van der Waals surface area contributed by atoms with Gasteiger partial charge in [0.1, 0.15) is 5.84 Å². The number of hydrogen-bond donors (Lipinski definition) is 0. The Morgan fingerprint density at radius 3 is 2.71 bits per heavy atom. The molecule has 4 heteroatoms. The Balaban J connectivity index is 1.94. The van der Waals surface area contributed by atoms with Gasteiger partial charge in [0.25, 0.3) is 0 Å². The second-order valence-corrected chi connectivity index (χ2v) is 5.81. The van der Waals surface area contributed by atoms with E-state index in [2.05, 4.69) is 67.2 Å². The van der Waals surface area contributed by atoms with Gasteiger partial charge >= 0.3 is 0 Å². The molecule has 2 heterocycles. The third-order valence-electron chi connectivity index (χ3n) is 2.86. The molecular weight excluding hydrogens is 344 g/mol. The first-order valence-corrected chi connectivity index (χ1v) is 6.97. The third-order valence-corrected chi connectivity index (χ3v) is 3.88. The van der Waals surface area contributed by atoms with Crippen molar-refractivity contribution in [3.63, 3.8) is 0 Å². The number of amidine groups is 1. The fourth-order valence-corrected chi connectivity index (χ4v) is 3.43. The molecule has 0 amide bonds. The Bertz CT molecular complexity index is 532. The van der Waals surface area contributed by atoms with Crippen LogP contribution in [0, 0.1) is 0 Å². The molecule has 0 spiro atoms. The highest BCUT2D eigenvalue weighted by molar-refractivity contribution is 9.12.